The molecule has 1 aromatic rings. The molecule has 1 aromatic carbocycles. The van der Waals surface area contributed by atoms with Gasteiger partial charge < -0.3 is 15.2 Å². The Morgan fingerprint density at radius 2 is 2.14 bits per heavy atom. The van der Waals surface area contributed by atoms with Crippen LogP contribution in [0.2, 0.25) is 0 Å². The maximum atomic E-state index is 12.5. The van der Waals surface area contributed by atoms with Crippen LogP contribution in [0, 0.1) is 5.41 Å². The van der Waals surface area contributed by atoms with E-state index in [0.717, 1.165) is 25.1 Å². The summed E-state index contributed by atoms with van der Waals surface area (Å²) in [6.45, 7) is 2.28. The number of methoxy groups -OCH3 is 1. The summed E-state index contributed by atoms with van der Waals surface area (Å²) >= 11 is 0. The van der Waals surface area contributed by atoms with Crippen molar-refractivity contribution in [2.45, 2.75) is 26.5 Å². The second-order valence-corrected chi connectivity index (χ2v) is 5.83. The Morgan fingerprint density at radius 1 is 1.41 bits per heavy atom. The zero-order valence-corrected chi connectivity index (χ0v) is 13.7. The molecule has 0 aliphatic carbocycles. The van der Waals surface area contributed by atoms with Gasteiger partial charge in [0.25, 0.3) is 0 Å². The van der Waals surface area contributed by atoms with Crippen molar-refractivity contribution in [3.63, 3.8) is 0 Å². The van der Waals surface area contributed by atoms with Gasteiger partial charge in [-0.3, -0.25) is 4.90 Å². The molecule has 22 heavy (non-hydrogen) atoms. The molecule has 0 bridgehead atoms. The lowest BCUT2D eigenvalue weighted by Crippen LogP contribution is -2.31. The van der Waals surface area contributed by atoms with Gasteiger partial charge in [-0.25, -0.2) is 0 Å². The molecule has 0 amide bonds. The third-order valence-corrected chi connectivity index (χ3v) is 4.01. The molecule has 2 rings (SSSR count). The maximum Gasteiger partial charge on any atom is 0.387 e. The van der Waals surface area contributed by atoms with Crippen molar-refractivity contribution in [3.05, 3.63) is 23.8 Å². The number of nitrogens with zero attached hydrogens (tertiary/aromatic N) is 1. The highest BCUT2D eigenvalue weighted by molar-refractivity contribution is 5.85. The van der Waals surface area contributed by atoms with Gasteiger partial charge in [0, 0.05) is 24.7 Å². The monoisotopic (exact) mass is 336 g/mol. The highest BCUT2D eigenvalue weighted by atomic mass is 35.5. The van der Waals surface area contributed by atoms with E-state index >= 15 is 0 Å². The molecule has 1 atom stereocenters. The zero-order valence-electron chi connectivity index (χ0n) is 12.9. The molecule has 7 heteroatoms. The fraction of sp³-hybridized carbons (Fsp3) is 0.600. The van der Waals surface area contributed by atoms with Crippen LogP contribution in [-0.4, -0.2) is 38.3 Å². The van der Waals surface area contributed by atoms with Gasteiger partial charge in [0.05, 0.1) is 7.11 Å². The summed E-state index contributed by atoms with van der Waals surface area (Å²) in [5.74, 6) is 0.674. The summed E-state index contributed by atoms with van der Waals surface area (Å²) in [5, 5.41) is 0. The van der Waals surface area contributed by atoms with E-state index in [1.165, 1.54) is 13.2 Å². The maximum absolute atomic E-state index is 12.5. The Balaban J connectivity index is 0.00000242. The minimum absolute atomic E-state index is 0. The fourth-order valence-electron chi connectivity index (χ4n) is 2.67. The second kappa shape index (κ2) is 7.94. The number of rotatable bonds is 6. The molecule has 1 aliphatic rings. The third kappa shape index (κ3) is 4.69. The lowest BCUT2D eigenvalue weighted by Gasteiger charge is -2.23. The number of halogens is 3. The van der Waals surface area contributed by atoms with Gasteiger partial charge in [-0.1, -0.05) is 13.0 Å². The highest BCUT2D eigenvalue weighted by Gasteiger charge is 2.32. The Bertz CT molecular complexity index is 491. The summed E-state index contributed by atoms with van der Waals surface area (Å²) in [5.41, 5.74) is 6.63. The number of likely N-dealkylation sites (tertiary alicyclic amines) is 1. The predicted molar refractivity (Wildman–Crippen MR) is 83.9 cm³/mol. The minimum Gasteiger partial charge on any atom is -0.497 e. The van der Waals surface area contributed by atoms with Crippen molar-refractivity contribution in [1.29, 1.82) is 0 Å². The molecule has 1 aliphatic heterocycles. The van der Waals surface area contributed by atoms with Gasteiger partial charge >= 0.3 is 6.61 Å². The fourth-order valence-corrected chi connectivity index (χ4v) is 2.67. The van der Waals surface area contributed by atoms with E-state index in [1.807, 2.05) is 0 Å². The Morgan fingerprint density at radius 3 is 2.68 bits per heavy atom. The van der Waals surface area contributed by atoms with Crippen LogP contribution in [0.4, 0.5) is 8.78 Å². The largest absolute Gasteiger partial charge is 0.497 e. The van der Waals surface area contributed by atoms with Crippen molar-refractivity contribution in [3.8, 4) is 11.5 Å². The standard InChI is InChI=1S/C15H22F2N2O2.ClH/c1-15(9-18)5-6-19(10-15)8-11-3-4-12(20-2)7-13(11)21-14(16)17;/h3-4,7,14H,5-6,8-10,18H2,1-2H3;1H. The number of ether oxygens (including phenoxy) is 2. The van der Waals surface area contributed by atoms with E-state index in [9.17, 15) is 8.78 Å². The van der Waals surface area contributed by atoms with E-state index in [0.29, 0.717) is 18.8 Å². The summed E-state index contributed by atoms with van der Waals surface area (Å²) in [6.07, 6.45) is 1.02. The first-order valence-corrected chi connectivity index (χ1v) is 7.00. The minimum atomic E-state index is -2.84. The molecule has 1 saturated heterocycles. The molecule has 1 heterocycles. The van der Waals surface area contributed by atoms with Crippen LogP contribution >= 0.6 is 12.4 Å². The first kappa shape index (κ1) is 18.9. The normalized spacial score (nSPS) is 21.7. The van der Waals surface area contributed by atoms with Gasteiger partial charge in [-0.05, 0) is 31.0 Å². The Kier molecular flexibility index (Phi) is 6.84. The van der Waals surface area contributed by atoms with Crippen molar-refractivity contribution in [2.75, 3.05) is 26.7 Å². The lowest BCUT2D eigenvalue weighted by atomic mass is 9.90. The topological polar surface area (TPSA) is 47.7 Å². The molecular formula is C15H23ClF2N2O2. The number of nitrogens with two attached hydrogens (primary N) is 1. The predicted octanol–water partition coefficient (Wildman–Crippen LogP) is 2.89. The van der Waals surface area contributed by atoms with Crippen molar-refractivity contribution in [2.24, 2.45) is 11.1 Å². The van der Waals surface area contributed by atoms with Crippen LogP contribution in [-0.2, 0) is 6.54 Å². The molecular weight excluding hydrogens is 314 g/mol. The Hall–Kier alpha value is -1.11. The number of alkyl halides is 2. The summed E-state index contributed by atoms with van der Waals surface area (Å²) in [7, 11) is 1.49. The molecule has 4 nitrogen and oxygen atoms in total. The molecule has 0 saturated carbocycles. The van der Waals surface area contributed by atoms with Crippen molar-refractivity contribution in [1.82, 2.24) is 4.90 Å². The molecule has 126 valence electrons. The molecule has 0 spiro atoms. The molecule has 0 aromatic heterocycles. The second-order valence-electron chi connectivity index (χ2n) is 5.83. The number of hydrogen-bond acceptors (Lipinski definition) is 4. The average Bonchev–Trinajstić information content (AvgIpc) is 2.82. The first-order chi connectivity index (χ1) is 9.95. The first-order valence-electron chi connectivity index (χ1n) is 7.00. The van der Waals surface area contributed by atoms with E-state index in [4.69, 9.17) is 10.5 Å². The van der Waals surface area contributed by atoms with Crippen LogP contribution in [0.15, 0.2) is 18.2 Å². The summed E-state index contributed by atoms with van der Waals surface area (Å²) in [6, 6.07) is 5.03. The van der Waals surface area contributed by atoms with E-state index in [2.05, 4.69) is 16.6 Å². The lowest BCUT2D eigenvalue weighted by molar-refractivity contribution is -0.0508. The zero-order chi connectivity index (χ0) is 15.5. The third-order valence-electron chi connectivity index (χ3n) is 4.01. The summed E-state index contributed by atoms with van der Waals surface area (Å²) < 4.78 is 34.7. The van der Waals surface area contributed by atoms with Gasteiger partial charge in [0.1, 0.15) is 11.5 Å². The van der Waals surface area contributed by atoms with Crippen LogP contribution in [0.25, 0.3) is 0 Å². The average molecular weight is 337 g/mol. The number of hydrogen-bond donors (Lipinski definition) is 1. The summed E-state index contributed by atoms with van der Waals surface area (Å²) in [4.78, 5) is 2.22. The molecule has 1 fully saturated rings. The van der Waals surface area contributed by atoms with Gasteiger partial charge in [-0.2, -0.15) is 8.78 Å². The SMILES string of the molecule is COc1ccc(CN2CCC(C)(CN)C2)c(OC(F)F)c1.Cl. The van der Waals surface area contributed by atoms with Gasteiger partial charge in [0.2, 0.25) is 0 Å². The quantitative estimate of drug-likeness (QED) is 0.867. The van der Waals surface area contributed by atoms with E-state index in [-0.39, 0.29) is 23.6 Å². The molecule has 2 N–H and O–H groups in total. The smallest absolute Gasteiger partial charge is 0.387 e. The van der Waals surface area contributed by atoms with Crippen LogP contribution in [0.3, 0.4) is 0 Å². The van der Waals surface area contributed by atoms with Crippen LogP contribution in [0.5, 0.6) is 11.5 Å². The van der Waals surface area contributed by atoms with Crippen LogP contribution < -0.4 is 15.2 Å². The molecule has 0 radical (unpaired) electrons. The highest BCUT2D eigenvalue weighted by Crippen LogP contribution is 2.32. The van der Waals surface area contributed by atoms with Gasteiger partial charge in [-0.15, -0.1) is 12.4 Å². The van der Waals surface area contributed by atoms with Crippen LogP contribution in [0.1, 0.15) is 18.9 Å². The molecule has 1 unspecified atom stereocenters. The van der Waals surface area contributed by atoms with E-state index < -0.39 is 6.61 Å². The van der Waals surface area contributed by atoms with Crippen molar-refractivity contribution < 1.29 is 18.3 Å². The van der Waals surface area contributed by atoms with E-state index in [1.54, 1.807) is 12.1 Å². The number of benzene rings is 1. The van der Waals surface area contributed by atoms with Crippen molar-refractivity contribution >= 4 is 12.4 Å². The van der Waals surface area contributed by atoms with Gasteiger partial charge in [0.15, 0.2) is 0 Å². The Labute approximate surface area is 136 Å².